The molecule has 17 heavy (non-hydrogen) atoms. The van der Waals surface area contributed by atoms with Gasteiger partial charge in [0, 0.05) is 17.8 Å². The lowest BCUT2D eigenvalue weighted by Crippen LogP contribution is -2.14. The van der Waals surface area contributed by atoms with Crippen LogP contribution in [0.15, 0.2) is 12.1 Å². The van der Waals surface area contributed by atoms with Crippen LogP contribution in [-0.2, 0) is 0 Å². The summed E-state index contributed by atoms with van der Waals surface area (Å²) in [6, 6.07) is 4.99. The van der Waals surface area contributed by atoms with Crippen LogP contribution in [0.4, 0.5) is 10.1 Å². The molecule has 1 aliphatic rings. The summed E-state index contributed by atoms with van der Waals surface area (Å²) in [5.74, 6) is 2.74. The lowest BCUT2D eigenvalue weighted by Gasteiger charge is -2.14. The Bertz CT molecular complexity index is 447. The fourth-order valence-electron chi connectivity index (χ4n) is 1.93. The van der Waals surface area contributed by atoms with Crippen molar-refractivity contribution < 1.29 is 4.39 Å². The van der Waals surface area contributed by atoms with Gasteiger partial charge in [-0.3, -0.25) is 0 Å². The largest absolute Gasteiger partial charge is 0.384 e. The molecule has 0 bridgehead atoms. The van der Waals surface area contributed by atoms with Gasteiger partial charge in [0.15, 0.2) is 0 Å². The molecule has 1 aliphatic heterocycles. The van der Waals surface area contributed by atoms with Crippen LogP contribution < -0.4 is 5.32 Å². The molecule has 0 amide bonds. The molecule has 0 aromatic heterocycles. The van der Waals surface area contributed by atoms with Gasteiger partial charge in [-0.1, -0.05) is 0 Å². The fourth-order valence-corrected chi connectivity index (χ4v) is 3.21. The van der Waals surface area contributed by atoms with Gasteiger partial charge in [-0.05, 0) is 42.9 Å². The molecular weight excluding hydrogens is 235 g/mol. The molecule has 1 fully saturated rings. The van der Waals surface area contributed by atoms with Crippen LogP contribution in [0.3, 0.4) is 0 Å². The minimum Gasteiger partial charge on any atom is -0.384 e. The third-order valence-electron chi connectivity index (χ3n) is 3.08. The SMILES string of the molecule is Cc1c(F)cc(C#N)cc1NCC1CCSC1. The minimum atomic E-state index is -0.313. The molecule has 2 rings (SSSR count). The number of anilines is 1. The Morgan fingerprint density at radius 1 is 1.59 bits per heavy atom. The maximum Gasteiger partial charge on any atom is 0.129 e. The zero-order valence-electron chi connectivity index (χ0n) is 9.79. The van der Waals surface area contributed by atoms with Crippen molar-refractivity contribution in [3.63, 3.8) is 0 Å². The van der Waals surface area contributed by atoms with Gasteiger partial charge >= 0.3 is 0 Å². The molecule has 1 atom stereocenters. The molecule has 2 nitrogen and oxygen atoms in total. The predicted molar refractivity (Wildman–Crippen MR) is 69.8 cm³/mol. The topological polar surface area (TPSA) is 35.8 Å². The van der Waals surface area contributed by atoms with Crippen molar-refractivity contribution in [3.05, 3.63) is 29.1 Å². The molecule has 1 aromatic carbocycles. The van der Waals surface area contributed by atoms with E-state index in [-0.39, 0.29) is 5.82 Å². The van der Waals surface area contributed by atoms with Crippen LogP contribution in [0.1, 0.15) is 17.5 Å². The molecule has 90 valence electrons. The molecule has 0 aliphatic carbocycles. The lowest BCUT2D eigenvalue weighted by atomic mass is 10.1. The molecule has 1 aromatic rings. The van der Waals surface area contributed by atoms with Gasteiger partial charge in [-0.2, -0.15) is 17.0 Å². The number of nitrogens with one attached hydrogen (secondary N) is 1. The number of hydrogen-bond acceptors (Lipinski definition) is 3. The monoisotopic (exact) mass is 250 g/mol. The fraction of sp³-hybridized carbons (Fsp3) is 0.462. The van der Waals surface area contributed by atoms with Crippen molar-refractivity contribution in [2.45, 2.75) is 13.3 Å². The normalized spacial score (nSPS) is 19.0. The Hall–Kier alpha value is -1.21. The highest BCUT2D eigenvalue weighted by Crippen LogP contribution is 2.25. The van der Waals surface area contributed by atoms with Crippen molar-refractivity contribution in [1.29, 1.82) is 5.26 Å². The molecule has 0 spiro atoms. The van der Waals surface area contributed by atoms with Gasteiger partial charge in [-0.25, -0.2) is 4.39 Å². The van der Waals surface area contributed by atoms with E-state index < -0.39 is 0 Å². The van der Waals surface area contributed by atoms with Crippen molar-refractivity contribution in [2.24, 2.45) is 5.92 Å². The summed E-state index contributed by atoms with van der Waals surface area (Å²) in [6.45, 7) is 2.60. The molecule has 1 heterocycles. The first-order valence-corrected chi connectivity index (χ1v) is 6.88. The number of hydrogen-bond donors (Lipinski definition) is 1. The van der Waals surface area contributed by atoms with Crippen LogP contribution in [-0.4, -0.2) is 18.1 Å². The van der Waals surface area contributed by atoms with E-state index in [4.69, 9.17) is 5.26 Å². The van der Waals surface area contributed by atoms with E-state index >= 15 is 0 Å². The molecule has 4 heteroatoms. The first kappa shape index (κ1) is 12.3. The van der Waals surface area contributed by atoms with E-state index in [2.05, 4.69) is 5.32 Å². The van der Waals surface area contributed by atoms with Crippen LogP contribution in [0.5, 0.6) is 0 Å². The molecule has 0 radical (unpaired) electrons. The maximum absolute atomic E-state index is 13.5. The Morgan fingerprint density at radius 3 is 3.06 bits per heavy atom. The molecular formula is C13H15FN2S. The summed E-state index contributed by atoms with van der Waals surface area (Å²) in [4.78, 5) is 0. The minimum absolute atomic E-state index is 0.313. The summed E-state index contributed by atoms with van der Waals surface area (Å²) in [5, 5.41) is 12.1. The highest BCUT2D eigenvalue weighted by Gasteiger charge is 2.16. The number of benzene rings is 1. The second kappa shape index (κ2) is 5.42. The predicted octanol–water partition coefficient (Wildman–Crippen LogP) is 3.17. The number of halogens is 1. The molecule has 1 saturated heterocycles. The van der Waals surface area contributed by atoms with Gasteiger partial charge in [0.2, 0.25) is 0 Å². The molecule has 1 unspecified atom stereocenters. The van der Waals surface area contributed by atoms with E-state index in [1.165, 1.54) is 24.0 Å². The molecule has 0 saturated carbocycles. The Labute approximate surface area is 105 Å². The summed E-state index contributed by atoms with van der Waals surface area (Å²) in [6.07, 6.45) is 1.22. The van der Waals surface area contributed by atoms with Crippen molar-refractivity contribution in [1.82, 2.24) is 0 Å². The van der Waals surface area contributed by atoms with E-state index in [1.54, 1.807) is 13.0 Å². The van der Waals surface area contributed by atoms with Crippen LogP contribution in [0.25, 0.3) is 0 Å². The third-order valence-corrected chi connectivity index (χ3v) is 4.31. The Morgan fingerprint density at radius 2 is 2.41 bits per heavy atom. The number of nitrogens with zero attached hydrogens (tertiary/aromatic N) is 1. The highest BCUT2D eigenvalue weighted by molar-refractivity contribution is 7.99. The maximum atomic E-state index is 13.5. The van der Waals surface area contributed by atoms with Gasteiger partial charge in [-0.15, -0.1) is 0 Å². The van der Waals surface area contributed by atoms with Gasteiger partial charge in [0.1, 0.15) is 5.82 Å². The summed E-state index contributed by atoms with van der Waals surface area (Å²) in [5.41, 5.74) is 1.71. The Kier molecular flexibility index (Phi) is 3.90. The van der Waals surface area contributed by atoms with E-state index in [1.807, 2.05) is 17.8 Å². The standard InChI is InChI=1S/C13H15FN2S/c1-9-12(14)4-11(6-15)5-13(9)16-7-10-2-3-17-8-10/h4-5,10,16H,2-3,7-8H2,1H3. The lowest BCUT2D eigenvalue weighted by molar-refractivity contribution is 0.614. The van der Waals surface area contributed by atoms with Gasteiger partial charge < -0.3 is 5.32 Å². The quantitative estimate of drug-likeness (QED) is 0.895. The summed E-state index contributed by atoms with van der Waals surface area (Å²) >= 11 is 1.97. The van der Waals surface area contributed by atoms with E-state index in [9.17, 15) is 4.39 Å². The Balaban J connectivity index is 2.09. The zero-order valence-corrected chi connectivity index (χ0v) is 10.6. The average Bonchev–Trinajstić information content (AvgIpc) is 2.84. The van der Waals surface area contributed by atoms with E-state index in [0.29, 0.717) is 17.0 Å². The first-order valence-electron chi connectivity index (χ1n) is 5.72. The zero-order chi connectivity index (χ0) is 12.3. The van der Waals surface area contributed by atoms with Crippen molar-refractivity contribution >= 4 is 17.4 Å². The number of rotatable bonds is 3. The van der Waals surface area contributed by atoms with Crippen molar-refractivity contribution in [3.8, 4) is 6.07 Å². The summed E-state index contributed by atoms with van der Waals surface area (Å²) in [7, 11) is 0. The second-order valence-corrected chi connectivity index (χ2v) is 5.50. The van der Waals surface area contributed by atoms with Crippen LogP contribution in [0.2, 0.25) is 0 Å². The van der Waals surface area contributed by atoms with Crippen molar-refractivity contribution in [2.75, 3.05) is 23.4 Å². The third kappa shape index (κ3) is 2.92. The summed E-state index contributed by atoms with van der Waals surface area (Å²) < 4.78 is 13.5. The van der Waals surface area contributed by atoms with Gasteiger partial charge in [0.25, 0.3) is 0 Å². The second-order valence-electron chi connectivity index (χ2n) is 4.35. The van der Waals surface area contributed by atoms with E-state index in [0.717, 1.165) is 12.2 Å². The number of nitriles is 1. The van der Waals surface area contributed by atoms with Crippen LogP contribution in [0, 0.1) is 30.0 Å². The smallest absolute Gasteiger partial charge is 0.129 e. The highest BCUT2D eigenvalue weighted by atomic mass is 32.2. The average molecular weight is 250 g/mol. The first-order chi connectivity index (χ1) is 8.20. The number of thioether (sulfide) groups is 1. The van der Waals surface area contributed by atoms with Crippen LogP contribution >= 0.6 is 11.8 Å². The molecule has 1 N–H and O–H groups in total. The van der Waals surface area contributed by atoms with Gasteiger partial charge in [0.05, 0.1) is 11.6 Å².